The van der Waals surface area contributed by atoms with Crippen molar-refractivity contribution < 1.29 is 4.74 Å². The zero-order valence-electron chi connectivity index (χ0n) is 6.06. The zero-order valence-corrected chi connectivity index (χ0v) is 6.06. The highest BCUT2D eigenvalue weighted by molar-refractivity contribution is 5.31. The Balaban J connectivity index is 2.69. The van der Waals surface area contributed by atoms with Crippen LogP contribution in [-0.4, -0.2) is 21.5 Å². The number of hydrogen-bond acceptors (Lipinski definition) is 3. The quantitative estimate of drug-likeness (QED) is 0.600. The summed E-state index contributed by atoms with van der Waals surface area (Å²) >= 11 is 0. The molecule has 56 valence electrons. The van der Waals surface area contributed by atoms with Crippen molar-refractivity contribution >= 4 is 5.78 Å². The normalized spacial score (nSPS) is 10.3. The second kappa shape index (κ2) is 2.23. The number of fused-ring (bicyclic) bond motifs is 1. The fourth-order valence-corrected chi connectivity index (χ4v) is 0.906. The van der Waals surface area contributed by atoms with E-state index in [-0.39, 0.29) is 0 Å². The van der Waals surface area contributed by atoms with E-state index in [0.717, 1.165) is 0 Å². The molecule has 0 atom stereocenters. The van der Waals surface area contributed by atoms with Crippen LogP contribution in [0.1, 0.15) is 0 Å². The molecule has 2 heterocycles. The minimum absolute atomic E-state index is 0.587. The van der Waals surface area contributed by atoms with E-state index < -0.39 is 0 Å². The van der Waals surface area contributed by atoms with Crippen molar-refractivity contribution in [3.05, 3.63) is 24.7 Å². The molecule has 4 nitrogen and oxygen atoms in total. The number of nitrogens with zero attached hydrogens (tertiary/aromatic N) is 3. The van der Waals surface area contributed by atoms with Gasteiger partial charge in [-0.2, -0.15) is 4.98 Å². The SMILES string of the molecule is COc1cn2cccnc2n1. The summed E-state index contributed by atoms with van der Waals surface area (Å²) in [6.07, 6.45) is 5.35. The summed E-state index contributed by atoms with van der Waals surface area (Å²) in [7, 11) is 1.59. The lowest BCUT2D eigenvalue weighted by Gasteiger charge is -1.85. The van der Waals surface area contributed by atoms with Crippen LogP contribution in [0.5, 0.6) is 5.88 Å². The van der Waals surface area contributed by atoms with Crippen molar-refractivity contribution in [3.8, 4) is 5.88 Å². The van der Waals surface area contributed by atoms with Gasteiger partial charge in [0.05, 0.1) is 13.3 Å². The molecule has 0 amide bonds. The fourth-order valence-electron chi connectivity index (χ4n) is 0.906. The van der Waals surface area contributed by atoms with E-state index in [9.17, 15) is 0 Å². The van der Waals surface area contributed by atoms with Crippen LogP contribution in [0.4, 0.5) is 0 Å². The second-order valence-electron chi connectivity index (χ2n) is 2.11. The van der Waals surface area contributed by atoms with Crippen LogP contribution in [0, 0.1) is 0 Å². The van der Waals surface area contributed by atoms with E-state index in [1.54, 1.807) is 23.9 Å². The van der Waals surface area contributed by atoms with Gasteiger partial charge in [-0.25, -0.2) is 4.98 Å². The van der Waals surface area contributed by atoms with Gasteiger partial charge >= 0.3 is 0 Å². The fraction of sp³-hybridized carbons (Fsp3) is 0.143. The van der Waals surface area contributed by atoms with Crippen molar-refractivity contribution in [3.63, 3.8) is 0 Å². The Morgan fingerprint density at radius 2 is 2.45 bits per heavy atom. The summed E-state index contributed by atoms with van der Waals surface area (Å²) in [5.74, 6) is 1.24. The monoisotopic (exact) mass is 149 g/mol. The molecule has 11 heavy (non-hydrogen) atoms. The molecule has 2 rings (SSSR count). The van der Waals surface area contributed by atoms with Crippen LogP contribution in [0.15, 0.2) is 24.7 Å². The third-order valence-corrected chi connectivity index (χ3v) is 1.42. The van der Waals surface area contributed by atoms with E-state index in [2.05, 4.69) is 9.97 Å². The first-order valence-electron chi connectivity index (χ1n) is 3.24. The lowest BCUT2D eigenvalue weighted by atomic mass is 10.7. The smallest absolute Gasteiger partial charge is 0.237 e. The minimum atomic E-state index is 0.587. The average molecular weight is 149 g/mol. The molecule has 0 unspecified atom stereocenters. The molecule has 0 aliphatic carbocycles. The third kappa shape index (κ3) is 0.920. The van der Waals surface area contributed by atoms with Gasteiger partial charge in [-0.3, -0.25) is 4.40 Å². The molecule has 0 bridgehead atoms. The van der Waals surface area contributed by atoms with Crippen molar-refractivity contribution in [1.82, 2.24) is 14.4 Å². The molecule has 0 aromatic carbocycles. The van der Waals surface area contributed by atoms with Gasteiger partial charge in [0, 0.05) is 12.4 Å². The van der Waals surface area contributed by atoms with E-state index >= 15 is 0 Å². The van der Waals surface area contributed by atoms with Crippen molar-refractivity contribution in [2.45, 2.75) is 0 Å². The van der Waals surface area contributed by atoms with Crippen LogP contribution >= 0.6 is 0 Å². The molecule has 0 spiro atoms. The average Bonchev–Trinajstić information content (AvgIpc) is 2.46. The van der Waals surface area contributed by atoms with Gasteiger partial charge in [-0.15, -0.1) is 0 Å². The number of ether oxygens (including phenoxy) is 1. The largest absolute Gasteiger partial charge is 0.480 e. The molecule has 0 N–H and O–H groups in total. The van der Waals surface area contributed by atoms with Crippen LogP contribution in [0.3, 0.4) is 0 Å². The molecule has 0 aliphatic rings. The van der Waals surface area contributed by atoms with Crippen LogP contribution in [0.25, 0.3) is 5.78 Å². The highest BCUT2D eigenvalue weighted by Gasteiger charge is 1.98. The maximum absolute atomic E-state index is 4.93. The molecule has 0 saturated heterocycles. The van der Waals surface area contributed by atoms with Crippen molar-refractivity contribution in [1.29, 1.82) is 0 Å². The molecule has 4 heteroatoms. The van der Waals surface area contributed by atoms with Gasteiger partial charge in [0.2, 0.25) is 11.7 Å². The van der Waals surface area contributed by atoms with Gasteiger partial charge in [-0.05, 0) is 6.07 Å². The minimum Gasteiger partial charge on any atom is -0.480 e. The van der Waals surface area contributed by atoms with E-state index in [4.69, 9.17) is 4.74 Å². The van der Waals surface area contributed by atoms with E-state index in [1.165, 1.54) is 0 Å². The van der Waals surface area contributed by atoms with Crippen LogP contribution < -0.4 is 4.74 Å². The maximum atomic E-state index is 4.93. The van der Waals surface area contributed by atoms with Gasteiger partial charge in [0.1, 0.15) is 0 Å². The van der Waals surface area contributed by atoms with Gasteiger partial charge < -0.3 is 4.74 Å². The van der Waals surface area contributed by atoms with Gasteiger partial charge in [0.15, 0.2) is 0 Å². The zero-order chi connectivity index (χ0) is 7.68. The second-order valence-corrected chi connectivity index (χ2v) is 2.11. The standard InChI is InChI=1S/C7H7N3O/c1-11-6-5-10-4-2-3-8-7(10)9-6/h2-5H,1H3. The predicted molar refractivity (Wildman–Crippen MR) is 39.5 cm³/mol. The first-order valence-corrected chi connectivity index (χ1v) is 3.24. The first kappa shape index (κ1) is 6.15. The molecule has 2 aromatic heterocycles. The van der Waals surface area contributed by atoms with Gasteiger partial charge in [-0.1, -0.05) is 0 Å². The molecular formula is C7H7N3O. The van der Waals surface area contributed by atoms with Crippen LogP contribution in [0.2, 0.25) is 0 Å². The number of hydrogen-bond donors (Lipinski definition) is 0. The summed E-state index contributed by atoms with van der Waals surface area (Å²) in [4.78, 5) is 8.08. The lowest BCUT2D eigenvalue weighted by molar-refractivity contribution is 0.400. The Hall–Kier alpha value is -1.58. The number of methoxy groups -OCH3 is 1. The van der Waals surface area contributed by atoms with Gasteiger partial charge in [0.25, 0.3) is 0 Å². The van der Waals surface area contributed by atoms with Crippen molar-refractivity contribution in [2.75, 3.05) is 7.11 Å². The summed E-state index contributed by atoms with van der Waals surface area (Å²) in [5.41, 5.74) is 0. The highest BCUT2D eigenvalue weighted by Crippen LogP contribution is 2.07. The number of rotatable bonds is 1. The first-order chi connectivity index (χ1) is 5.40. The van der Waals surface area contributed by atoms with Crippen molar-refractivity contribution in [2.24, 2.45) is 0 Å². The summed E-state index contributed by atoms with van der Waals surface area (Å²) in [6.45, 7) is 0. The summed E-state index contributed by atoms with van der Waals surface area (Å²) in [5, 5.41) is 0. The van der Waals surface area contributed by atoms with E-state index in [1.807, 2.05) is 12.3 Å². The molecule has 0 fully saturated rings. The topological polar surface area (TPSA) is 39.4 Å². The maximum Gasteiger partial charge on any atom is 0.237 e. The Bertz CT molecular complexity index is 335. The molecule has 0 saturated carbocycles. The molecule has 0 radical (unpaired) electrons. The highest BCUT2D eigenvalue weighted by atomic mass is 16.5. The molecular weight excluding hydrogens is 142 g/mol. The van der Waals surface area contributed by atoms with Crippen LogP contribution in [-0.2, 0) is 0 Å². The Morgan fingerprint density at radius 3 is 3.18 bits per heavy atom. The summed E-state index contributed by atoms with van der Waals surface area (Å²) in [6, 6.07) is 1.84. The molecule has 2 aromatic rings. The third-order valence-electron chi connectivity index (χ3n) is 1.42. The van der Waals surface area contributed by atoms with E-state index in [0.29, 0.717) is 11.7 Å². The molecule has 0 aliphatic heterocycles. The Kier molecular flexibility index (Phi) is 1.25. The summed E-state index contributed by atoms with van der Waals surface area (Å²) < 4.78 is 6.73. The Labute approximate surface area is 63.5 Å². The Morgan fingerprint density at radius 1 is 1.55 bits per heavy atom. The lowest BCUT2D eigenvalue weighted by Crippen LogP contribution is -1.83. The number of aromatic nitrogens is 3. The predicted octanol–water partition coefficient (Wildman–Crippen LogP) is 0.738. The number of imidazole rings is 1.